The van der Waals surface area contributed by atoms with Crippen LogP contribution in [-0.4, -0.2) is 49.0 Å². The fourth-order valence-corrected chi connectivity index (χ4v) is 1.97. The summed E-state index contributed by atoms with van der Waals surface area (Å²) in [5.41, 5.74) is 2.41. The minimum absolute atomic E-state index is 0.261. The largest absolute Gasteiger partial charge is 0.391 e. The monoisotopic (exact) mass is 262 g/mol. The molecule has 2 aromatic rings. The van der Waals surface area contributed by atoms with Gasteiger partial charge in [0, 0.05) is 25.5 Å². The summed E-state index contributed by atoms with van der Waals surface area (Å²) in [5.74, 6) is 6.48. The van der Waals surface area contributed by atoms with Crippen molar-refractivity contribution in [3.05, 3.63) is 18.5 Å². The van der Waals surface area contributed by atoms with Crippen molar-refractivity contribution in [2.24, 2.45) is 5.84 Å². The SMILES string of the molecule is NNc1nc(N2CCC(O)C2)nc(-n2cccn2)n1. The highest BCUT2D eigenvalue weighted by Gasteiger charge is 2.23. The predicted octanol–water partition coefficient (Wildman–Crippen LogP) is -1.09. The molecule has 1 aliphatic heterocycles. The molecule has 9 nitrogen and oxygen atoms in total. The molecule has 1 unspecified atom stereocenters. The number of nitrogen functional groups attached to an aromatic ring is 1. The van der Waals surface area contributed by atoms with Crippen LogP contribution in [0.4, 0.5) is 11.9 Å². The van der Waals surface area contributed by atoms with E-state index in [1.807, 2.05) is 4.90 Å². The van der Waals surface area contributed by atoms with Crippen LogP contribution in [0.1, 0.15) is 6.42 Å². The fourth-order valence-electron chi connectivity index (χ4n) is 1.97. The van der Waals surface area contributed by atoms with Crippen LogP contribution < -0.4 is 16.2 Å². The maximum atomic E-state index is 9.57. The molecule has 0 saturated carbocycles. The number of aliphatic hydroxyl groups excluding tert-OH is 1. The summed E-state index contributed by atoms with van der Waals surface area (Å²) < 4.78 is 1.53. The Bertz CT molecular complexity index is 557. The zero-order valence-electron chi connectivity index (χ0n) is 10.1. The van der Waals surface area contributed by atoms with Crippen LogP contribution in [0.2, 0.25) is 0 Å². The average molecular weight is 262 g/mol. The molecule has 4 N–H and O–H groups in total. The molecule has 1 saturated heterocycles. The molecule has 2 aromatic heterocycles. The van der Waals surface area contributed by atoms with Crippen molar-refractivity contribution in [2.75, 3.05) is 23.4 Å². The van der Waals surface area contributed by atoms with E-state index in [0.29, 0.717) is 31.4 Å². The van der Waals surface area contributed by atoms with Crippen LogP contribution >= 0.6 is 0 Å². The zero-order chi connectivity index (χ0) is 13.2. The molecule has 3 rings (SSSR count). The van der Waals surface area contributed by atoms with Crippen molar-refractivity contribution in [3.8, 4) is 5.95 Å². The average Bonchev–Trinajstić information content (AvgIpc) is 3.09. The number of β-amino-alcohol motifs (C(OH)–C–C–N with tert-alkyl or cyclic N) is 1. The topological polar surface area (TPSA) is 118 Å². The van der Waals surface area contributed by atoms with E-state index >= 15 is 0 Å². The van der Waals surface area contributed by atoms with Gasteiger partial charge in [-0.2, -0.15) is 20.1 Å². The van der Waals surface area contributed by atoms with Gasteiger partial charge in [-0.3, -0.25) is 5.43 Å². The van der Waals surface area contributed by atoms with Gasteiger partial charge < -0.3 is 10.0 Å². The number of nitrogens with zero attached hydrogens (tertiary/aromatic N) is 6. The van der Waals surface area contributed by atoms with Gasteiger partial charge in [-0.05, 0) is 12.5 Å². The Morgan fingerprint density at radius 1 is 1.32 bits per heavy atom. The summed E-state index contributed by atoms with van der Waals surface area (Å²) in [6, 6.07) is 1.78. The van der Waals surface area contributed by atoms with E-state index in [1.165, 1.54) is 4.68 Å². The summed E-state index contributed by atoms with van der Waals surface area (Å²) in [5, 5.41) is 13.6. The van der Waals surface area contributed by atoms with Crippen molar-refractivity contribution in [3.63, 3.8) is 0 Å². The molecule has 1 fully saturated rings. The Kier molecular flexibility index (Phi) is 2.97. The van der Waals surface area contributed by atoms with Crippen LogP contribution in [0.5, 0.6) is 0 Å². The molecular weight excluding hydrogens is 248 g/mol. The Balaban J connectivity index is 1.98. The minimum Gasteiger partial charge on any atom is -0.391 e. The molecule has 3 heterocycles. The first-order valence-corrected chi connectivity index (χ1v) is 5.92. The van der Waals surface area contributed by atoms with Crippen molar-refractivity contribution in [1.29, 1.82) is 0 Å². The van der Waals surface area contributed by atoms with Gasteiger partial charge in [-0.25, -0.2) is 10.5 Å². The lowest BCUT2D eigenvalue weighted by Gasteiger charge is -2.16. The van der Waals surface area contributed by atoms with Crippen LogP contribution in [0.15, 0.2) is 18.5 Å². The van der Waals surface area contributed by atoms with Crippen LogP contribution in [0, 0.1) is 0 Å². The first-order chi connectivity index (χ1) is 9.26. The smallest absolute Gasteiger partial charge is 0.257 e. The second kappa shape index (κ2) is 4.78. The van der Waals surface area contributed by atoms with Gasteiger partial charge in [0.25, 0.3) is 5.95 Å². The van der Waals surface area contributed by atoms with Crippen LogP contribution in [0.25, 0.3) is 5.95 Å². The van der Waals surface area contributed by atoms with Gasteiger partial charge in [-0.15, -0.1) is 0 Å². The molecule has 1 aliphatic rings. The van der Waals surface area contributed by atoms with E-state index in [9.17, 15) is 5.11 Å². The van der Waals surface area contributed by atoms with Gasteiger partial charge in [-0.1, -0.05) is 0 Å². The normalized spacial score (nSPS) is 18.8. The molecule has 0 amide bonds. The number of hydrogen-bond donors (Lipinski definition) is 3. The Hall–Kier alpha value is -2.26. The van der Waals surface area contributed by atoms with Crippen LogP contribution in [-0.2, 0) is 0 Å². The van der Waals surface area contributed by atoms with Gasteiger partial charge in [0.15, 0.2) is 0 Å². The molecule has 100 valence electrons. The first kappa shape index (κ1) is 11.8. The molecular formula is C10H14N8O. The molecule has 0 aromatic carbocycles. The summed E-state index contributed by atoms with van der Waals surface area (Å²) in [7, 11) is 0. The van der Waals surface area contributed by atoms with Crippen molar-refractivity contribution in [2.45, 2.75) is 12.5 Å². The minimum atomic E-state index is -0.348. The van der Waals surface area contributed by atoms with Gasteiger partial charge in [0.1, 0.15) is 0 Å². The zero-order valence-corrected chi connectivity index (χ0v) is 10.1. The van der Waals surface area contributed by atoms with E-state index in [-0.39, 0.29) is 12.1 Å². The third kappa shape index (κ3) is 2.33. The second-order valence-corrected chi connectivity index (χ2v) is 4.24. The molecule has 0 spiro atoms. The molecule has 9 heteroatoms. The van der Waals surface area contributed by atoms with E-state index in [4.69, 9.17) is 5.84 Å². The third-order valence-corrected chi connectivity index (χ3v) is 2.90. The van der Waals surface area contributed by atoms with Crippen molar-refractivity contribution in [1.82, 2.24) is 24.7 Å². The van der Waals surface area contributed by atoms with Crippen LogP contribution in [0.3, 0.4) is 0 Å². The van der Waals surface area contributed by atoms with E-state index < -0.39 is 0 Å². The van der Waals surface area contributed by atoms with Crippen molar-refractivity contribution < 1.29 is 5.11 Å². The highest BCUT2D eigenvalue weighted by molar-refractivity contribution is 5.40. The fraction of sp³-hybridized carbons (Fsp3) is 0.400. The lowest BCUT2D eigenvalue weighted by atomic mass is 10.3. The van der Waals surface area contributed by atoms with Gasteiger partial charge in [0.2, 0.25) is 11.9 Å². The summed E-state index contributed by atoms with van der Waals surface area (Å²) in [6.45, 7) is 1.21. The number of nitrogens with two attached hydrogens (primary N) is 1. The number of aromatic nitrogens is 5. The number of hydrogen-bond acceptors (Lipinski definition) is 8. The molecule has 1 atom stereocenters. The quantitative estimate of drug-likeness (QED) is 0.472. The molecule has 0 bridgehead atoms. The van der Waals surface area contributed by atoms with Crippen molar-refractivity contribution >= 4 is 11.9 Å². The molecule has 0 aliphatic carbocycles. The number of rotatable bonds is 3. The molecule has 19 heavy (non-hydrogen) atoms. The summed E-state index contributed by atoms with van der Waals surface area (Å²) in [6.07, 6.45) is 3.73. The first-order valence-electron chi connectivity index (χ1n) is 5.92. The number of aliphatic hydroxyl groups is 1. The Labute approximate surface area is 109 Å². The number of nitrogens with one attached hydrogen (secondary N) is 1. The van der Waals surface area contributed by atoms with Gasteiger partial charge >= 0.3 is 0 Å². The number of hydrazine groups is 1. The standard InChI is InChI=1S/C10H14N8O/c11-16-8-13-9(17-5-2-7(19)6-17)15-10(14-8)18-4-1-3-12-18/h1,3-4,7,19H,2,5-6,11H2,(H,13,14,15,16). The Morgan fingerprint density at radius 3 is 2.79 bits per heavy atom. The van der Waals surface area contributed by atoms with E-state index in [1.54, 1.807) is 18.5 Å². The highest BCUT2D eigenvalue weighted by atomic mass is 16.3. The maximum absolute atomic E-state index is 9.57. The highest BCUT2D eigenvalue weighted by Crippen LogP contribution is 2.18. The third-order valence-electron chi connectivity index (χ3n) is 2.90. The lowest BCUT2D eigenvalue weighted by molar-refractivity contribution is 0.198. The molecule has 0 radical (unpaired) electrons. The van der Waals surface area contributed by atoms with Gasteiger partial charge in [0.05, 0.1) is 6.10 Å². The van der Waals surface area contributed by atoms with E-state index in [2.05, 4.69) is 25.5 Å². The number of anilines is 2. The Morgan fingerprint density at radius 2 is 2.16 bits per heavy atom. The maximum Gasteiger partial charge on any atom is 0.257 e. The van der Waals surface area contributed by atoms with E-state index in [0.717, 1.165) is 0 Å². The summed E-state index contributed by atoms with van der Waals surface area (Å²) in [4.78, 5) is 14.6. The summed E-state index contributed by atoms with van der Waals surface area (Å²) >= 11 is 0. The lowest BCUT2D eigenvalue weighted by Crippen LogP contribution is -2.25. The second-order valence-electron chi connectivity index (χ2n) is 4.24. The predicted molar refractivity (Wildman–Crippen MR) is 67.6 cm³/mol.